The zero-order valence-corrected chi connectivity index (χ0v) is 19.3. The highest BCUT2D eigenvalue weighted by molar-refractivity contribution is 6.31. The molecule has 0 fully saturated rings. The fourth-order valence-corrected chi connectivity index (χ4v) is 4.07. The summed E-state index contributed by atoms with van der Waals surface area (Å²) in [7, 11) is 0. The summed E-state index contributed by atoms with van der Waals surface area (Å²) in [6.45, 7) is 12.6. The molecule has 1 atom stereocenters. The fourth-order valence-electron chi connectivity index (χ4n) is 3.80. The van der Waals surface area contributed by atoms with Crippen molar-refractivity contribution in [3.8, 4) is 0 Å². The van der Waals surface area contributed by atoms with Crippen LogP contribution in [0.5, 0.6) is 0 Å². The molecule has 0 unspecified atom stereocenters. The normalized spacial score (nSPS) is 20.2. The van der Waals surface area contributed by atoms with Crippen LogP contribution in [0.3, 0.4) is 0 Å². The predicted octanol–water partition coefficient (Wildman–Crippen LogP) is 5.97. The van der Waals surface area contributed by atoms with Gasteiger partial charge in [0, 0.05) is 35.5 Å². The second-order valence-electron chi connectivity index (χ2n) is 9.82. The predicted molar refractivity (Wildman–Crippen MR) is 118 cm³/mol. The van der Waals surface area contributed by atoms with Gasteiger partial charge in [-0.3, -0.25) is 9.59 Å². The number of carboxylic acids is 1. The lowest BCUT2D eigenvalue weighted by molar-refractivity contribution is -0.137. The molecule has 1 aliphatic rings. The summed E-state index contributed by atoms with van der Waals surface area (Å²) in [5.41, 5.74) is 2.72. The van der Waals surface area contributed by atoms with Crippen LogP contribution in [0.2, 0.25) is 5.02 Å². The quantitative estimate of drug-likeness (QED) is 0.592. The number of allylic oxidation sites excluding steroid dienone is 1. The Hall–Kier alpha value is -1.81. The molecule has 2 rings (SSSR count). The van der Waals surface area contributed by atoms with Gasteiger partial charge in [0.05, 0.1) is 0 Å². The van der Waals surface area contributed by atoms with Crippen LogP contribution < -0.4 is 0 Å². The average molecular weight is 420 g/mol. The van der Waals surface area contributed by atoms with Crippen molar-refractivity contribution in [2.24, 2.45) is 5.41 Å². The molecule has 0 radical (unpaired) electrons. The van der Waals surface area contributed by atoms with E-state index in [0.29, 0.717) is 17.9 Å². The second-order valence-corrected chi connectivity index (χ2v) is 10.2. The van der Waals surface area contributed by atoms with E-state index in [1.54, 1.807) is 4.90 Å². The van der Waals surface area contributed by atoms with Crippen LogP contribution >= 0.6 is 11.6 Å². The van der Waals surface area contributed by atoms with Crippen molar-refractivity contribution >= 4 is 23.5 Å². The van der Waals surface area contributed by atoms with Gasteiger partial charge in [-0.05, 0) is 61.3 Å². The van der Waals surface area contributed by atoms with Crippen molar-refractivity contribution in [3.63, 3.8) is 0 Å². The number of carbonyl (C=O) groups is 2. The van der Waals surface area contributed by atoms with Gasteiger partial charge in [0.15, 0.2) is 0 Å². The number of aliphatic carboxylic acids is 1. The van der Waals surface area contributed by atoms with Crippen molar-refractivity contribution in [1.29, 1.82) is 0 Å². The molecule has 1 aromatic rings. The van der Waals surface area contributed by atoms with Gasteiger partial charge < -0.3 is 10.0 Å². The number of benzene rings is 1. The molecule has 160 valence electrons. The van der Waals surface area contributed by atoms with Gasteiger partial charge in [0.25, 0.3) is 0 Å². The molecule has 0 aromatic heterocycles. The number of hydrogen-bond acceptors (Lipinski definition) is 2. The first kappa shape index (κ1) is 23.5. The molecular weight excluding hydrogens is 386 g/mol. The van der Waals surface area contributed by atoms with Crippen molar-refractivity contribution < 1.29 is 14.7 Å². The Labute approximate surface area is 179 Å². The lowest BCUT2D eigenvalue weighted by Crippen LogP contribution is -2.43. The molecule has 0 saturated heterocycles. The molecular formula is C24H34ClNO3. The molecule has 1 aromatic carbocycles. The third-order valence-electron chi connectivity index (χ3n) is 5.80. The van der Waals surface area contributed by atoms with E-state index < -0.39 is 11.4 Å². The van der Waals surface area contributed by atoms with Crippen molar-refractivity contribution in [2.75, 3.05) is 0 Å². The Bertz CT molecular complexity index is 807. The standard InChI is InChI=1S/C24H34ClNO3/c1-16(2)26-15-19(9-10-22(28)29)24(6,14-21(26)27)18-8-7-17(20(25)13-18)11-12-23(3,4)5/h7-8,13,15-16H,9-12,14H2,1-6H3,(H,28,29)/t24-/m0/s1. The minimum Gasteiger partial charge on any atom is -0.481 e. The zero-order chi connectivity index (χ0) is 22.0. The monoisotopic (exact) mass is 419 g/mol. The molecule has 0 saturated carbocycles. The summed E-state index contributed by atoms with van der Waals surface area (Å²) in [6.07, 6.45) is 4.57. The molecule has 5 heteroatoms. The van der Waals surface area contributed by atoms with Gasteiger partial charge >= 0.3 is 5.97 Å². The third kappa shape index (κ3) is 5.85. The van der Waals surface area contributed by atoms with E-state index in [4.69, 9.17) is 11.6 Å². The first-order valence-corrected chi connectivity index (χ1v) is 10.7. The van der Waals surface area contributed by atoms with Crippen LogP contribution in [0.4, 0.5) is 0 Å². The molecule has 0 bridgehead atoms. The van der Waals surface area contributed by atoms with Gasteiger partial charge in [-0.2, -0.15) is 0 Å². The Kier molecular flexibility index (Phi) is 7.21. The molecule has 4 nitrogen and oxygen atoms in total. The Morgan fingerprint density at radius 2 is 1.93 bits per heavy atom. The average Bonchev–Trinajstić information content (AvgIpc) is 2.58. The first-order valence-electron chi connectivity index (χ1n) is 10.4. The fraction of sp³-hybridized carbons (Fsp3) is 0.583. The summed E-state index contributed by atoms with van der Waals surface area (Å²) < 4.78 is 0. The van der Waals surface area contributed by atoms with Gasteiger partial charge in [-0.25, -0.2) is 0 Å². The Morgan fingerprint density at radius 3 is 2.45 bits per heavy atom. The maximum atomic E-state index is 12.8. The van der Waals surface area contributed by atoms with Crippen LogP contribution in [0.25, 0.3) is 0 Å². The van der Waals surface area contributed by atoms with E-state index in [9.17, 15) is 14.7 Å². The number of rotatable bonds is 7. The van der Waals surface area contributed by atoms with E-state index in [2.05, 4.69) is 32.9 Å². The minimum absolute atomic E-state index is 0.0373. The van der Waals surface area contributed by atoms with E-state index in [1.165, 1.54) is 0 Å². The van der Waals surface area contributed by atoms with Crippen LogP contribution in [-0.4, -0.2) is 27.9 Å². The van der Waals surface area contributed by atoms with Gasteiger partial charge in [-0.1, -0.05) is 51.4 Å². The molecule has 29 heavy (non-hydrogen) atoms. The first-order chi connectivity index (χ1) is 13.3. The van der Waals surface area contributed by atoms with E-state index in [0.717, 1.165) is 29.5 Å². The smallest absolute Gasteiger partial charge is 0.303 e. The van der Waals surface area contributed by atoms with Gasteiger partial charge in [0.2, 0.25) is 5.91 Å². The number of aryl methyl sites for hydroxylation is 1. The van der Waals surface area contributed by atoms with Crippen LogP contribution in [-0.2, 0) is 21.4 Å². The highest BCUT2D eigenvalue weighted by atomic mass is 35.5. The van der Waals surface area contributed by atoms with Gasteiger partial charge in [-0.15, -0.1) is 0 Å². The Balaban J connectivity index is 2.40. The number of carboxylic acid groups (broad SMARTS) is 1. The second kappa shape index (κ2) is 8.91. The largest absolute Gasteiger partial charge is 0.481 e. The lowest BCUT2D eigenvalue weighted by atomic mass is 9.70. The van der Waals surface area contributed by atoms with Crippen LogP contribution in [0.1, 0.15) is 78.4 Å². The number of halogens is 1. The zero-order valence-electron chi connectivity index (χ0n) is 18.5. The molecule has 1 heterocycles. The van der Waals surface area contributed by atoms with Crippen molar-refractivity contribution in [2.45, 2.75) is 85.1 Å². The summed E-state index contributed by atoms with van der Waals surface area (Å²) in [6, 6.07) is 6.11. The summed E-state index contributed by atoms with van der Waals surface area (Å²) in [5.74, 6) is -0.786. The highest BCUT2D eigenvalue weighted by Crippen LogP contribution is 2.43. The maximum Gasteiger partial charge on any atom is 0.303 e. The van der Waals surface area contributed by atoms with E-state index in [-0.39, 0.29) is 23.8 Å². The highest BCUT2D eigenvalue weighted by Gasteiger charge is 2.39. The van der Waals surface area contributed by atoms with Crippen LogP contribution in [0, 0.1) is 5.41 Å². The number of hydrogen-bond donors (Lipinski definition) is 1. The van der Waals surface area contributed by atoms with E-state index in [1.807, 2.05) is 33.0 Å². The summed E-state index contributed by atoms with van der Waals surface area (Å²) >= 11 is 6.62. The topological polar surface area (TPSA) is 57.6 Å². The number of nitrogens with zero attached hydrogens (tertiary/aromatic N) is 1. The van der Waals surface area contributed by atoms with E-state index >= 15 is 0 Å². The number of amides is 1. The van der Waals surface area contributed by atoms with Gasteiger partial charge in [0.1, 0.15) is 0 Å². The van der Waals surface area contributed by atoms with Crippen LogP contribution in [0.15, 0.2) is 30.0 Å². The summed E-state index contributed by atoms with van der Waals surface area (Å²) in [4.78, 5) is 25.7. The Morgan fingerprint density at radius 1 is 1.28 bits per heavy atom. The molecule has 0 spiro atoms. The summed E-state index contributed by atoms with van der Waals surface area (Å²) in [5, 5.41) is 9.90. The number of carbonyl (C=O) groups excluding carboxylic acids is 1. The molecule has 1 amide bonds. The minimum atomic E-state index is -0.836. The SMILES string of the molecule is CC(C)N1C=C(CCC(=O)O)[C@](C)(c2ccc(CCC(C)(C)C)c(Cl)c2)CC1=O. The maximum absolute atomic E-state index is 12.8. The molecule has 1 N–H and O–H groups in total. The lowest BCUT2D eigenvalue weighted by Gasteiger charge is -2.41. The van der Waals surface area contributed by atoms with Crippen molar-refractivity contribution in [3.05, 3.63) is 46.1 Å². The molecule has 1 aliphatic heterocycles. The molecule has 0 aliphatic carbocycles. The van der Waals surface area contributed by atoms with Crippen molar-refractivity contribution in [1.82, 2.24) is 4.90 Å². The third-order valence-corrected chi connectivity index (χ3v) is 6.15.